The second kappa shape index (κ2) is 6.75. The summed E-state index contributed by atoms with van der Waals surface area (Å²) in [6.07, 6.45) is 6.17. The first-order chi connectivity index (χ1) is 11.1. The molecule has 1 aliphatic carbocycles. The lowest BCUT2D eigenvalue weighted by Gasteiger charge is -2.37. The molecule has 1 fully saturated rings. The van der Waals surface area contributed by atoms with Crippen LogP contribution in [0.2, 0.25) is 0 Å². The van der Waals surface area contributed by atoms with Gasteiger partial charge in [0.1, 0.15) is 0 Å². The highest BCUT2D eigenvalue weighted by Crippen LogP contribution is 2.37. The van der Waals surface area contributed by atoms with Crippen molar-refractivity contribution in [3.05, 3.63) is 47.5 Å². The van der Waals surface area contributed by atoms with Crippen molar-refractivity contribution in [2.24, 2.45) is 0 Å². The SMILES string of the molecule is CC1=CCCN(C(=O)NC2CCC(O)(c3ccccc3)CC2)C1. The number of carbonyl (C=O) groups is 1. The van der Waals surface area contributed by atoms with Gasteiger partial charge in [0.05, 0.1) is 5.60 Å². The van der Waals surface area contributed by atoms with Crippen molar-refractivity contribution >= 4 is 6.03 Å². The van der Waals surface area contributed by atoms with Crippen LogP contribution in [0.15, 0.2) is 42.0 Å². The fraction of sp³-hybridized carbons (Fsp3) is 0.526. The average Bonchev–Trinajstić information content (AvgIpc) is 2.58. The Balaban J connectivity index is 1.53. The van der Waals surface area contributed by atoms with E-state index in [9.17, 15) is 9.90 Å². The van der Waals surface area contributed by atoms with Crippen LogP contribution in [0, 0.1) is 0 Å². The number of aliphatic hydroxyl groups is 1. The topological polar surface area (TPSA) is 52.6 Å². The van der Waals surface area contributed by atoms with Crippen LogP contribution in [-0.4, -0.2) is 35.2 Å². The fourth-order valence-corrected chi connectivity index (χ4v) is 3.63. The highest BCUT2D eigenvalue weighted by Gasteiger charge is 2.35. The largest absolute Gasteiger partial charge is 0.385 e. The molecule has 2 N–H and O–H groups in total. The maximum absolute atomic E-state index is 12.4. The van der Waals surface area contributed by atoms with Crippen LogP contribution in [0.25, 0.3) is 0 Å². The monoisotopic (exact) mass is 314 g/mol. The third kappa shape index (κ3) is 3.75. The second-order valence-electron chi connectivity index (χ2n) is 6.88. The van der Waals surface area contributed by atoms with Crippen molar-refractivity contribution in [3.63, 3.8) is 0 Å². The summed E-state index contributed by atoms with van der Waals surface area (Å²) < 4.78 is 0. The van der Waals surface area contributed by atoms with E-state index in [0.717, 1.165) is 37.9 Å². The van der Waals surface area contributed by atoms with Crippen LogP contribution in [0.1, 0.15) is 44.6 Å². The van der Waals surface area contributed by atoms with Crippen molar-refractivity contribution in [1.29, 1.82) is 0 Å². The lowest BCUT2D eigenvalue weighted by Crippen LogP contribution is -2.49. The molecule has 0 radical (unpaired) electrons. The Bertz CT molecular complexity index is 574. The molecule has 0 aromatic heterocycles. The van der Waals surface area contributed by atoms with Crippen molar-refractivity contribution in [2.75, 3.05) is 13.1 Å². The molecule has 1 saturated carbocycles. The van der Waals surface area contributed by atoms with Crippen LogP contribution >= 0.6 is 0 Å². The van der Waals surface area contributed by atoms with Gasteiger partial charge < -0.3 is 15.3 Å². The molecule has 2 amide bonds. The van der Waals surface area contributed by atoms with Gasteiger partial charge in [-0.3, -0.25) is 0 Å². The quantitative estimate of drug-likeness (QED) is 0.824. The van der Waals surface area contributed by atoms with E-state index < -0.39 is 5.60 Å². The summed E-state index contributed by atoms with van der Waals surface area (Å²) in [6, 6.07) is 10.1. The number of benzene rings is 1. The molecule has 124 valence electrons. The molecular formula is C19H26N2O2. The van der Waals surface area contributed by atoms with Crippen molar-refractivity contribution in [1.82, 2.24) is 10.2 Å². The molecule has 0 unspecified atom stereocenters. The molecule has 2 aliphatic rings. The molecule has 0 bridgehead atoms. The van der Waals surface area contributed by atoms with E-state index in [0.29, 0.717) is 12.8 Å². The van der Waals surface area contributed by atoms with E-state index in [2.05, 4.69) is 18.3 Å². The Hall–Kier alpha value is -1.81. The predicted molar refractivity (Wildman–Crippen MR) is 91.1 cm³/mol. The third-order valence-electron chi connectivity index (χ3n) is 5.07. The predicted octanol–water partition coefficient (Wildman–Crippen LogP) is 3.18. The highest BCUT2D eigenvalue weighted by molar-refractivity contribution is 5.75. The number of nitrogens with zero attached hydrogens (tertiary/aromatic N) is 1. The minimum Gasteiger partial charge on any atom is -0.385 e. The number of amides is 2. The molecule has 23 heavy (non-hydrogen) atoms. The van der Waals surface area contributed by atoms with Crippen LogP contribution in [0.5, 0.6) is 0 Å². The average molecular weight is 314 g/mol. The minimum absolute atomic E-state index is 0.0348. The zero-order valence-electron chi connectivity index (χ0n) is 13.8. The smallest absolute Gasteiger partial charge is 0.317 e. The van der Waals surface area contributed by atoms with Crippen LogP contribution < -0.4 is 5.32 Å². The number of hydrogen-bond donors (Lipinski definition) is 2. The number of carbonyl (C=O) groups excluding carboxylic acids is 1. The van der Waals surface area contributed by atoms with Gasteiger partial charge in [-0.25, -0.2) is 4.79 Å². The lowest BCUT2D eigenvalue weighted by atomic mass is 9.78. The van der Waals surface area contributed by atoms with Gasteiger partial charge in [0.15, 0.2) is 0 Å². The first kappa shape index (κ1) is 16.1. The molecule has 1 heterocycles. The Morgan fingerprint density at radius 3 is 2.61 bits per heavy atom. The summed E-state index contributed by atoms with van der Waals surface area (Å²) in [6.45, 7) is 3.59. The molecular weight excluding hydrogens is 288 g/mol. The van der Waals surface area contributed by atoms with Gasteiger partial charge >= 0.3 is 6.03 Å². The Morgan fingerprint density at radius 2 is 1.96 bits per heavy atom. The summed E-state index contributed by atoms with van der Waals surface area (Å²) in [7, 11) is 0. The number of urea groups is 1. The van der Waals surface area contributed by atoms with E-state index in [-0.39, 0.29) is 12.1 Å². The normalized spacial score (nSPS) is 28.2. The summed E-state index contributed by atoms with van der Waals surface area (Å²) in [5.41, 5.74) is 1.50. The molecule has 1 aliphatic heterocycles. The first-order valence-corrected chi connectivity index (χ1v) is 8.56. The van der Waals surface area contributed by atoms with E-state index in [4.69, 9.17) is 0 Å². The van der Waals surface area contributed by atoms with Gasteiger partial charge in [-0.2, -0.15) is 0 Å². The van der Waals surface area contributed by atoms with Crippen LogP contribution in [0.4, 0.5) is 4.79 Å². The fourth-order valence-electron chi connectivity index (χ4n) is 3.63. The first-order valence-electron chi connectivity index (χ1n) is 8.56. The number of nitrogens with one attached hydrogen (secondary N) is 1. The summed E-state index contributed by atoms with van der Waals surface area (Å²) in [5, 5.41) is 14.0. The van der Waals surface area contributed by atoms with E-state index >= 15 is 0 Å². The molecule has 4 heteroatoms. The Morgan fingerprint density at radius 1 is 1.26 bits per heavy atom. The molecule has 0 saturated heterocycles. The van der Waals surface area contributed by atoms with Gasteiger partial charge in [0.2, 0.25) is 0 Å². The molecule has 1 aromatic carbocycles. The maximum atomic E-state index is 12.4. The Labute approximate surface area is 138 Å². The molecule has 1 aromatic rings. The summed E-state index contributed by atoms with van der Waals surface area (Å²) in [4.78, 5) is 14.3. The van der Waals surface area contributed by atoms with Crippen molar-refractivity contribution in [3.8, 4) is 0 Å². The van der Waals surface area contributed by atoms with Gasteiger partial charge in [-0.05, 0) is 44.6 Å². The van der Waals surface area contributed by atoms with Gasteiger partial charge in [0, 0.05) is 19.1 Å². The van der Waals surface area contributed by atoms with Gasteiger partial charge in [-0.1, -0.05) is 42.0 Å². The van der Waals surface area contributed by atoms with E-state index in [1.165, 1.54) is 5.57 Å². The molecule has 0 spiro atoms. The highest BCUT2D eigenvalue weighted by atomic mass is 16.3. The molecule has 3 rings (SSSR count). The standard InChI is InChI=1S/C19H26N2O2/c1-15-6-5-13-21(14-15)18(22)20-17-9-11-19(23,12-10-17)16-7-3-2-4-8-16/h2-4,6-8,17,23H,5,9-14H2,1H3,(H,20,22). The number of hydrogen-bond acceptors (Lipinski definition) is 2. The minimum atomic E-state index is -0.743. The lowest BCUT2D eigenvalue weighted by molar-refractivity contribution is -0.00771. The zero-order valence-corrected chi connectivity index (χ0v) is 13.8. The van der Waals surface area contributed by atoms with E-state index in [1.54, 1.807) is 0 Å². The van der Waals surface area contributed by atoms with Crippen molar-refractivity contribution in [2.45, 2.75) is 50.7 Å². The van der Waals surface area contributed by atoms with Gasteiger partial charge in [0.25, 0.3) is 0 Å². The molecule has 0 atom stereocenters. The number of rotatable bonds is 2. The summed E-state index contributed by atoms with van der Waals surface area (Å²) in [5.74, 6) is 0. The van der Waals surface area contributed by atoms with E-state index in [1.807, 2.05) is 35.2 Å². The zero-order chi connectivity index (χ0) is 16.3. The Kier molecular flexibility index (Phi) is 4.71. The maximum Gasteiger partial charge on any atom is 0.317 e. The third-order valence-corrected chi connectivity index (χ3v) is 5.07. The van der Waals surface area contributed by atoms with Crippen LogP contribution in [-0.2, 0) is 5.60 Å². The second-order valence-corrected chi connectivity index (χ2v) is 6.88. The summed E-state index contributed by atoms with van der Waals surface area (Å²) >= 11 is 0. The van der Waals surface area contributed by atoms with Crippen molar-refractivity contribution < 1.29 is 9.90 Å². The molecule has 4 nitrogen and oxygen atoms in total. The van der Waals surface area contributed by atoms with Crippen LogP contribution in [0.3, 0.4) is 0 Å². The van der Waals surface area contributed by atoms with Gasteiger partial charge in [-0.15, -0.1) is 0 Å².